The standard InChI is InChI=1S/C15H20N2O2S2/c1-10-7-11(2)17(9-10)21(18,19)15-12-5-3-4-6-13(12)20-14(15)8-16/h3-6,10-11H,7-9,16H2,1-2H3. The fourth-order valence-corrected chi connectivity index (χ4v) is 6.76. The van der Waals surface area contributed by atoms with Crippen LogP contribution in [0.3, 0.4) is 0 Å². The van der Waals surface area contributed by atoms with Gasteiger partial charge in [0.25, 0.3) is 0 Å². The van der Waals surface area contributed by atoms with Crippen LogP contribution in [0, 0.1) is 5.92 Å². The molecule has 2 aromatic rings. The molecular formula is C15H20N2O2S2. The third-order valence-corrected chi connectivity index (χ3v) is 7.53. The molecule has 2 atom stereocenters. The molecule has 21 heavy (non-hydrogen) atoms. The van der Waals surface area contributed by atoms with E-state index in [0.717, 1.165) is 21.4 Å². The summed E-state index contributed by atoms with van der Waals surface area (Å²) in [6.45, 7) is 4.93. The molecule has 114 valence electrons. The molecule has 2 N–H and O–H groups in total. The number of benzene rings is 1. The Morgan fingerprint density at radius 2 is 2.05 bits per heavy atom. The molecule has 1 aliphatic heterocycles. The van der Waals surface area contributed by atoms with Gasteiger partial charge in [0.1, 0.15) is 4.90 Å². The summed E-state index contributed by atoms with van der Waals surface area (Å²) in [5.74, 6) is 0.404. The lowest BCUT2D eigenvalue weighted by atomic mass is 10.1. The quantitative estimate of drug-likeness (QED) is 0.944. The largest absolute Gasteiger partial charge is 0.326 e. The number of nitrogens with two attached hydrogens (primary N) is 1. The maximum Gasteiger partial charge on any atom is 0.245 e. The summed E-state index contributed by atoms with van der Waals surface area (Å²) < 4.78 is 28.9. The predicted octanol–water partition coefficient (Wildman–Crippen LogP) is 2.78. The Balaban J connectivity index is 2.19. The van der Waals surface area contributed by atoms with Crippen molar-refractivity contribution in [1.82, 2.24) is 4.31 Å². The molecular weight excluding hydrogens is 304 g/mol. The molecule has 1 saturated heterocycles. The van der Waals surface area contributed by atoms with E-state index in [4.69, 9.17) is 5.73 Å². The van der Waals surface area contributed by atoms with E-state index < -0.39 is 10.0 Å². The Morgan fingerprint density at radius 3 is 2.67 bits per heavy atom. The zero-order valence-electron chi connectivity index (χ0n) is 12.2. The number of thiophene rings is 1. The molecule has 0 spiro atoms. The van der Waals surface area contributed by atoms with E-state index in [9.17, 15) is 8.42 Å². The number of fused-ring (bicyclic) bond motifs is 1. The Bertz CT molecular complexity index is 767. The second-order valence-electron chi connectivity index (χ2n) is 5.82. The van der Waals surface area contributed by atoms with Crippen LogP contribution >= 0.6 is 11.3 Å². The van der Waals surface area contributed by atoms with Gasteiger partial charge >= 0.3 is 0 Å². The van der Waals surface area contributed by atoms with E-state index >= 15 is 0 Å². The summed E-state index contributed by atoms with van der Waals surface area (Å²) in [6.07, 6.45) is 0.916. The fourth-order valence-electron chi connectivity index (χ4n) is 3.20. The highest BCUT2D eigenvalue weighted by Crippen LogP contribution is 2.38. The topological polar surface area (TPSA) is 63.4 Å². The minimum Gasteiger partial charge on any atom is -0.326 e. The molecule has 0 aliphatic carbocycles. The van der Waals surface area contributed by atoms with Crippen molar-refractivity contribution in [3.63, 3.8) is 0 Å². The average molecular weight is 324 g/mol. The van der Waals surface area contributed by atoms with E-state index in [1.54, 1.807) is 4.31 Å². The van der Waals surface area contributed by atoms with Gasteiger partial charge in [0.2, 0.25) is 10.0 Å². The van der Waals surface area contributed by atoms with Gasteiger partial charge in [-0.2, -0.15) is 4.31 Å². The van der Waals surface area contributed by atoms with Crippen molar-refractivity contribution in [1.29, 1.82) is 0 Å². The van der Waals surface area contributed by atoms with E-state index in [0.29, 0.717) is 17.4 Å². The second kappa shape index (κ2) is 5.35. The SMILES string of the molecule is CC1CC(C)N(S(=O)(=O)c2c(CN)sc3ccccc23)C1. The third kappa shape index (κ3) is 2.40. The normalized spacial score (nSPS) is 24.0. The van der Waals surface area contributed by atoms with Gasteiger partial charge in [-0.1, -0.05) is 25.1 Å². The minimum atomic E-state index is -3.48. The lowest BCUT2D eigenvalue weighted by Gasteiger charge is -2.21. The molecule has 3 rings (SSSR count). The van der Waals surface area contributed by atoms with Crippen LogP contribution in [0.2, 0.25) is 0 Å². The highest BCUT2D eigenvalue weighted by atomic mass is 32.2. The lowest BCUT2D eigenvalue weighted by molar-refractivity contribution is 0.406. The van der Waals surface area contributed by atoms with Crippen molar-refractivity contribution in [3.8, 4) is 0 Å². The molecule has 4 nitrogen and oxygen atoms in total. The Hall–Kier alpha value is -0.950. The van der Waals surface area contributed by atoms with Crippen molar-refractivity contribution in [2.75, 3.05) is 6.54 Å². The van der Waals surface area contributed by atoms with Crippen molar-refractivity contribution in [2.24, 2.45) is 11.7 Å². The van der Waals surface area contributed by atoms with Crippen LogP contribution in [0.5, 0.6) is 0 Å². The first-order valence-corrected chi connectivity index (χ1v) is 9.43. The molecule has 0 bridgehead atoms. The smallest absolute Gasteiger partial charge is 0.245 e. The highest BCUT2D eigenvalue weighted by molar-refractivity contribution is 7.89. The Morgan fingerprint density at radius 1 is 1.33 bits per heavy atom. The van der Waals surface area contributed by atoms with Crippen LogP contribution in [-0.4, -0.2) is 25.3 Å². The summed E-state index contributed by atoms with van der Waals surface area (Å²) in [5, 5.41) is 0.801. The van der Waals surface area contributed by atoms with Gasteiger partial charge in [-0.05, 0) is 25.3 Å². The molecule has 1 aliphatic rings. The predicted molar refractivity (Wildman–Crippen MR) is 86.9 cm³/mol. The zero-order valence-corrected chi connectivity index (χ0v) is 13.9. The lowest BCUT2D eigenvalue weighted by Crippen LogP contribution is -2.34. The number of hydrogen-bond donors (Lipinski definition) is 1. The first-order valence-electron chi connectivity index (χ1n) is 7.17. The Labute approximate surface area is 129 Å². The van der Waals surface area contributed by atoms with Gasteiger partial charge < -0.3 is 5.73 Å². The van der Waals surface area contributed by atoms with Gasteiger partial charge in [-0.3, -0.25) is 0 Å². The number of sulfonamides is 1. The van der Waals surface area contributed by atoms with Crippen LogP contribution in [0.15, 0.2) is 29.2 Å². The molecule has 2 unspecified atom stereocenters. The second-order valence-corrected chi connectivity index (χ2v) is 8.78. The molecule has 6 heteroatoms. The molecule has 1 aromatic heterocycles. The summed E-state index contributed by atoms with van der Waals surface area (Å²) in [6, 6.07) is 7.69. The summed E-state index contributed by atoms with van der Waals surface area (Å²) in [5.41, 5.74) is 5.80. The van der Waals surface area contributed by atoms with E-state index in [2.05, 4.69) is 6.92 Å². The van der Waals surface area contributed by atoms with Gasteiger partial charge in [0, 0.05) is 34.1 Å². The third-order valence-electron chi connectivity index (χ3n) is 4.10. The van der Waals surface area contributed by atoms with Crippen LogP contribution in [0.1, 0.15) is 25.1 Å². The fraction of sp³-hybridized carbons (Fsp3) is 0.467. The maximum absolute atomic E-state index is 13.1. The summed E-state index contributed by atoms with van der Waals surface area (Å²) in [4.78, 5) is 1.18. The van der Waals surface area contributed by atoms with Gasteiger partial charge in [0.15, 0.2) is 0 Å². The molecule has 0 saturated carbocycles. The van der Waals surface area contributed by atoms with E-state index in [1.165, 1.54) is 11.3 Å². The van der Waals surface area contributed by atoms with Gasteiger partial charge in [-0.25, -0.2) is 8.42 Å². The van der Waals surface area contributed by atoms with Crippen molar-refractivity contribution in [3.05, 3.63) is 29.1 Å². The van der Waals surface area contributed by atoms with Crippen LogP contribution in [0.4, 0.5) is 0 Å². The van der Waals surface area contributed by atoms with Crippen LogP contribution in [-0.2, 0) is 16.6 Å². The van der Waals surface area contributed by atoms with Gasteiger partial charge in [-0.15, -0.1) is 11.3 Å². The van der Waals surface area contributed by atoms with E-state index in [-0.39, 0.29) is 12.6 Å². The zero-order chi connectivity index (χ0) is 15.2. The monoisotopic (exact) mass is 324 g/mol. The van der Waals surface area contributed by atoms with Crippen molar-refractivity contribution >= 4 is 31.4 Å². The first-order chi connectivity index (χ1) is 9.95. The van der Waals surface area contributed by atoms with Crippen molar-refractivity contribution in [2.45, 2.75) is 37.8 Å². The van der Waals surface area contributed by atoms with Gasteiger partial charge in [0.05, 0.1) is 0 Å². The Kier molecular flexibility index (Phi) is 3.81. The summed E-state index contributed by atoms with van der Waals surface area (Å²) in [7, 11) is -3.48. The molecule has 0 amide bonds. The first kappa shape index (κ1) is 15.0. The van der Waals surface area contributed by atoms with Crippen LogP contribution < -0.4 is 5.73 Å². The molecule has 1 fully saturated rings. The van der Waals surface area contributed by atoms with Crippen LogP contribution in [0.25, 0.3) is 10.1 Å². The molecule has 1 aromatic carbocycles. The maximum atomic E-state index is 13.1. The van der Waals surface area contributed by atoms with Crippen molar-refractivity contribution < 1.29 is 8.42 Å². The average Bonchev–Trinajstić information content (AvgIpc) is 2.98. The minimum absolute atomic E-state index is 0.0503. The van der Waals surface area contributed by atoms with E-state index in [1.807, 2.05) is 31.2 Å². The number of rotatable bonds is 3. The molecule has 0 radical (unpaired) electrons. The highest BCUT2D eigenvalue weighted by Gasteiger charge is 2.38. The number of hydrogen-bond acceptors (Lipinski definition) is 4. The summed E-state index contributed by atoms with van der Waals surface area (Å²) >= 11 is 1.48. The number of nitrogens with zero attached hydrogens (tertiary/aromatic N) is 1. The molecule has 2 heterocycles.